The fourth-order valence-electron chi connectivity index (χ4n) is 2.43. The second-order valence-electron chi connectivity index (χ2n) is 4.49. The van der Waals surface area contributed by atoms with E-state index < -0.39 is 0 Å². The van der Waals surface area contributed by atoms with Crippen LogP contribution in [0.1, 0.15) is 29.3 Å². The summed E-state index contributed by atoms with van der Waals surface area (Å²) in [6, 6.07) is 6.87. The maximum Gasteiger partial charge on any atom is 0.304 e. The Hall–Kier alpha value is -0.910. The van der Waals surface area contributed by atoms with Gasteiger partial charge in [-0.05, 0) is 36.1 Å². The Kier molecular flexibility index (Phi) is 3.37. The lowest BCUT2D eigenvalue weighted by Crippen LogP contribution is -2.19. The summed E-state index contributed by atoms with van der Waals surface area (Å²) in [7, 11) is 0. The predicted octanol–water partition coefficient (Wildman–Crippen LogP) is 2.98. The second kappa shape index (κ2) is 4.99. The van der Waals surface area contributed by atoms with Gasteiger partial charge in [-0.25, -0.2) is 0 Å². The Bertz CT molecular complexity index is 619. The molecule has 1 atom stereocenters. The molecule has 1 aliphatic rings. The average Bonchev–Trinajstić information content (AvgIpc) is 2.92. The van der Waals surface area contributed by atoms with Crippen LogP contribution in [0, 0.1) is 0 Å². The Balaban J connectivity index is 1.71. The molecular formula is C13H13BrN2OS. The minimum Gasteiger partial charge on any atom is -0.315 e. The van der Waals surface area contributed by atoms with Gasteiger partial charge in [0.1, 0.15) is 0 Å². The fourth-order valence-corrected chi connectivity index (χ4v) is 3.42. The number of aromatic amines is 1. The molecular weight excluding hydrogens is 312 g/mol. The molecule has 1 heterocycles. The number of nitrogens with one attached hydrogen (secondary N) is 2. The third-order valence-electron chi connectivity index (χ3n) is 3.29. The topological polar surface area (TPSA) is 44.9 Å². The van der Waals surface area contributed by atoms with Crippen LogP contribution in [0.5, 0.6) is 0 Å². The first-order valence-electron chi connectivity index (χ1n) is 5.91. The highest BCUT2D eigenvalue weighted by Crippen LogP contribution is 2.32. The first-order chi connectivity index (χ1) is 8.72. The van der Waals surface area contributed by atoms with Gasteiger partial charge in [-0.1, -0.05) is 33.3 Å². The summed E-state index contributed by atoms with van der Waals surface area (Å²) in [4.78, 5) is 13.9. The zero-order valence-corrected chi connectivity index (χ0v) is 12.1. The molecule has 5 heteroatoms. The van der Waals surface area contributed by atoms with E-state index in [1.807, 2.05) is 5.38 Å². The first-order valence-corrected chi connectivity index (χ1v) is 7.58. The third kappa shape index (κ3) is 2.43. The van der Waals surface area contributed by atoms with Gasteiger partial charge in [0.15, 0.2) is 0 Å². The summed E-state index contributed by atoms with van der Waals surface area (Å²) in [5, 5.41) is 5.39. The van der Waals surface area contributed by atoms with Crippen molar-refractivity contribution in [1.29, 1.82) is 0 Å². The van der Waals surface area contributed by atoms with E-state index in [0.29, 0.717) is 6.04 Å². The molecule has 0 aliphatic heterocycles. The molecule has 3 nitrogen and oxygen atoms in total. The normalized spacial score (nSPS) is 17.9. The Morgan fingerprint density at radius 3 is 3.17 bits per heavy atom. The second-order valence-corrected chi connectivity index (χ2v) is 6.25. The number of hydrogen-bond donors (Lipinski definition) is 2. The Labute approximate surface area is 117 Å². The molecule has 1 aliphatic carbocycles. The molecule has 0 bridgehead atoms. The van der Waals surface area contributed by atoms with Gasteiger partial charge in [0.25, 0.3) is 0 Å². The number of H-pyrrole nitrogens is 1. The number of benzene rings is 1. The number of rotatable bonds is 3. The third-order valence-corrected chi connectivity index (χ3v) is 4.50. The molecule has 94 valence electrons. The van der Waals surface area contributed by atoms with Crippen molar-refractivity contribution < 1.29 is 0 Å². The first kappa shape index (κ1) is 12.1. The van der Waals surface area contributed by atoms with Crippen LogP contribution < -0.4 is 10.2 Å². The molecule has 0 fully saturated rings. The minimum atomic E-state index is 0.0163. The van der Waals surface area contributed by atoms with Crippen LogP contribution in [-0.2, 0) is 13.0 Å². The van der Waals surface area contributed by atoms with Gasteiger partial charge < -0.3 is 10.3 Å². The fraction of sp³-hybridized carbons (Fsp3) is 0.308. The average molecular weight is 325 g/mol. The van der Waals surface area contributed by atoms with Gasteiger partial charge in [-0.3, -0.25) is 4.79 Å². The van der Waals surface area contributed by atoms with Gasteiger partial charge in [-0.15, -0.1) is 0 Å². The number of hydrogen-bond acceptors (Lipinski definition) is 3. The molecule has 2 N–H and O–H groups in total. The molecule has 0 spiro atoms. The van der Waals surface area contributed by atoms with E-state index in [1.165, 1.54) is 22.5 Å². The highest BCUT2D eigenvalue weighted by atomic mass is 79.9. The van der Waals surface area contributed by atoms with Crippen molar-refractivity contribution in [2.75, 3.05) is 0 Å². The number of halogens is 1. The molecule has 2 aromatic rings. The van der Waals surface area contributed by atoms with Gasteiger partial charge in [0.05, 0.1) is 0 Å². The van der Waals surface area contributed by atoms with Crippen LogP contribution in [0.15, 0.2) is 32.8 Å². The maximum atomic E-state index is 11.1. The van der Waals surface area contributed by atoms with Gasteiger partial charge in [-0.2, -0.15) is 0 Å². The van der Waals surface area contributed by atoms with E-state index in [1.54, 1.807) is 0 Å². The van der Waals surface area contributed by atoms with Gasteiger partial charge in [0.2, 0.25) is 0 Å². The van der Waals surface area contributed by atoms with Crippen LogP contribution in [-0.4, -0.2) is 4.98 Å². The highest BCUT2D eigenvalue weighted by molar-refractivity contribution is 9.10. The summed E-state index contributed by atoms with van der Waals surface area (Å²) < 4.78 is 1.14. The molecule has 0 amide bonds. The number of aromatic nitrogens is 1. The lowest BCUT2D eigenvalue weighted by Gasteiger charge is -2.13. The van der Waals surface area contributed by atoms with Crippen LogP contribution >= 0.6 is 27.3 Å². The molecule has 0 saturated carbocycles. The predicted molar refractivity (Wildman–Crippen MR) is 77.0 cm³/mol. The Morgan fingerprint density at radius 1 is 1.50 bits per heavy atom. The summed E-state index contributed by atoms with van der Waals surface area (Å²) in [6.45, 7) is 0.721. The Morgan fingerprint density at radius 2 is 2.39 bits per heavy atom. The standard InChI is InChI=1S/C13H13BrN2OS/c14-9-2-3-11-8(5-9)1-4-12(11)15-6-10-7-18-13(17)16-10/h2-3,5,7,12,15H,1,4,6H2,(H,16,17). The minimum absolute atomic E-state index is 0.0163. The van der Waals surface area contributed by atoms with Crippen molar-refractivity contribution in [3.8, 4) is 0 Å². The van der Waals surface area contributed by atoms with Crippen molar-refractivity contribution in [3.63, 3.8) is 0 Å². The van der Waals surface area contributed by atoms with Crippen LogP contribution in [0.3, 0.4) is 0 Å². The lowest BCUT2D eigenvalue weighted by molar-refractivity contribution is 0.526. The van der Waals surface area contributed by atoms with Gasteiger partial charge in [0, 0.05) is 28.1 Å². The molecule has 3 rings (SSSR count). The van der Waals surface area contributed by atoms with Crippen molar-refractivity contribution in [2.24, 2.45) is 0 Å². The summed E-state index contributed by atoms with van der Waals surface area (Å²) in [5.74, 6) is 0. The smallest absolute Gasteiger partial charge is 0.304 e. The largest absolute Gasteiger partial charge is 0.315 e. The molecule has 0 saturated heterocycles. The van der Waals surface area contributed by atoms with Crippen LogP contribution in [0.4, 0.5) is 0 Å². The monoisotopic (exact) mass is 324 g/mol. The molecule has 0 radical (unpaired) electrons. The van der Waals surface area contributed by atoms with E-state index in [4.69, 9.17) is 0 Å². The number of fused-ring (bicyclic) bond motifs is 1. The van der Waals surface area contributed by atoms with E-state index in [2.05, 4.69) is 44.4 Å². The van der Waals surface area contributed by atoms with E-state index in [9.17, 15) is 4.79 Å². The van der Waals surface area contributed by atoms with Crippen molar-refractivity contribution in [3.05, 3.63) is 54.5 Å². The van der Waals surface area contributed by atoms with E-state index >= 15 is 0 Å². The zero-order chi connectivity index (χ0) is 12.5. The molecule has 1 unspecified atom stereocenters. The lowest BCUT2D eigenvalue weighted by atomic mass is 10.1. The van der Waals surface area contributed by atoms with Crippen molar-refractivity contribution in [2.45, 2.75) is 25.4 Å². The SMILES string of the molecule is O=c1[nH]c(CNC2CCc3cc(Br)ccc32)cs1. The molecule has 1 aromatic heterocycles. The summed E-state index contributed by atoms with van der Waals surface area (Å²) in [5.41, 5.74) is 3.77. The summed E-state index contributed by atoms with van der Waals surface area (Å²) in [6.07, 6.45) is 2.24. The zero-order valence-electron chi connectivity index (χ0n) is 9.70. The van der Waals surface area contributed by atoms with Crippen LogP contribution in [0.2, 0.25) is 0 Å². The molecule has 18 heavy (non-hydrogen) atoms. The van der Waals surface area contributed by atoms with E-state index in [0.717, 1.165) is 29.6 Å². The van der Waals surface area contributed by atoms with Gasteiger partial charge >= 0.3 is 4.87 Å². The molecule has 1 aromatic carbocycles. The van der Waals surface area contributed by atoms with Crippen LogP contribution in [0.25, 0.3) is 0 Å². The van der Waals surface area contributed by atoms with Crippen molar-refractivity contribution in [1.82, 2.24) is 10.3 Å². The maximum absolute atomic E-state index is 11.1. The van der Waals surface area contributed by atoms with Crippen molar-refractivity contribution >= 4 is 27.3 Å². The highest BCUT2D eigenvalue weighted by Gasteiger charge is 2.21. The number of thiazole rings is 1. The summed E-state index contributed by atoms with van der Waals surface area (Å²) >= 11 is 4.72. The van der Waals surface area contributed by atoms with E-state index in [-0.39, 0.29) is 4.87 Å². The number of aryl methyl sites for hydroxylation is 1. The quantitative estimate of drug-likeness (QED) is 0.911.